The van der Waals surface area contributed by atoms with Crippen molar-refractivity contribution in [2.75, 3.05) is 31.4 Å². The average molecular weight is 362 g/mol. The molecule has 0 aliphatic rings. The Morgan fingerprint density at radius 2 is 1.59 bits per heavy atom. The summed E-state index contributed by atoms with van der Waals surface area (Å²) in [6.45, 7) is 0.104. The molecule has 0 atom stereocenters. The fourth-order valence-electron chi connectivity index (χ4n) is 2.78. The predicted octanol–water partition coefficient (Wildman–Crippen LogP) is 4.42. The largest absolute Gasteiger partial charge is 0.497 e. The lowest BCUT2D eigenvalue weighted by atomic mass is 10.0. The molecule has 0 aliphatic heterocycles. The Morgan fingerprint density at radius 1 is 0.852 bits per heavy atom. The van der Waals surface area contributed by atoms with Crippen molar-refractivity contribution in [2.24, 2.45) is 0 Å². The molecule has 0 aromatic heterocycles. The maximum Gasteiger partial charge on any atom is 0.243 e. The summed E-state index contributed by atoms with van der Waals surface area (Å²) in [6, 6.07) is 23.1. The van der Waals surface area contributed by atoms with Crippen molar-refractivity contribution in [2.45, 2.75) is 0 Å². The van der Waals surface area contributed by atoms with Crippen molar-refractivity contribution < 1.29 is 14.3 Å². The number of rotatable bonds is 7. The molecule has 5 nitrogen and oxygen atoms in total. The van der Waals surface area contributed by atoms with E-state index in [1.807, 2.05) is 54.6 Å². The molecule has 0 saturated carbocycles. The molecule has 0 spiro atoms. The van der Waals surface area contributed by atoms with Gasteiger partial charge < -0.3 is 20.1 Å². The van der Waals surface area contributed by atoms with Gasteiger partial charge in [-0.05, 0) is 23.8 Å². The van der Waals surface area contributed by atoms with Crippen LogP contribution in [-0.2, 0) is 4.79 Å². The molecule has 3 rings (SSSR count). The summed E-state index contributed by atoms with van der Waals surface area (Å²) in [5, 5.41) is 6.07. The van der Waals surface area contributed by atoms with Gasteiger partial charge >= 0.3 is 0 Å². The number of nitrogens with one attached hydrogen (secondary N) is 2. The van der Waals surface area contributed by atoms with Crippen LogP contribution in [-0.4, -0.2) is 26.7 Å². The maximum atomic E-state index is 12.5. The van der Waals surface area contributed by atoms with E-state index in [1.165, 1.54) is 0 Å². The van der Waals surface area contributed by atoms with E-state index < -0.39 is 0 Å². The monoisotopic (exact) mass is 362 g/mol. The van der Waals surface area contributed by atoms with E-state index >= 15 is 0 Å². The maximum absolute atomic E-state index is 12.5. The van der Waals surface area contributed by atoms with E-state index in [0.29, 0.717) is 17.2 Å². The minimum atomic E-state index is -0.150. The number of methoxy groups -OCH3 is 2. The summed E-state index contributed by atoms with van der Waals surface area (Å²) in [6.07, 6.45) is 0. The van der Waals surface area contributed by atoms with Crippen LogP contribution >= 0.6 is 0 Å². The Labute approximate surface area is 158 Å². The molecule has 3 aromatic carbocycles. The van der Waals surface area contributed by atoms with E-state index in [9.17, 15) is 4.79 Å². The third-order valence-electron chi connectivity index (χ3n) is 4.13. The Morgan fingerprint density at radius 3 is 2.33 bits per heavy atom. The molecule has 0 heterocycles. The highest BCUT2D eigenvalue weighted by molar-refractivity contribution is 5.97. The van der Waals surface area contributed by atoms with E-state index in [1.54, 1.807) is 32.4 Å². The number of anilines is 2. The van der Waals surface area contributed by atoms with Gasteiger partial charge in [0, 0.05) is 17.3 Å². The Bertz CT molecular complexity index is 910. The van der Waals surface area contributed by atoms with Crippen LogP contribution in [0.15, 0.2) is 72.8 Å². The lowest BCUT2D eigenvalue weighted by Crippen LogP contribution is -2.22. The highest BCUT2D eigenvalue weighted by Gasteiger charge is 2.10. The topological polar surface area (TPSA) is 59.6 Å². The average Bonchev–Trinajstić information content (AvgIpc) is 2.73. The van der Waals surface area contributed by atoms with Gasteiger partial charge in [0.05, 0.1) is 26.5 Å². The first-order valence-corrected chi connectivity index (χ1v) is 8.61. The molecule has 1 amide bonds. The molecule has 0 fully saturated rings. The number of hydrogen-bond donors (Lipinski definition) is 2. The first-order chi connectivity index (χ1) is 13.2. The molecule has 0 bridgehead atoms. The number of hydrogen-bond acceptors (Lipinski definition) is 4. The minimum Gasteiger partial charge on any atom is -0.497 e. The van der Waals surface area contributed by atoms with E-state index in [2.05, 4.69) is 10.6 Å². The summed E-state index contributed by atoms with van der Waals surface area (Å²) in [5.41, 5.74) is 3.50. The fourth-order valence-corrected chi connectivity index (χ4v) is 2.78. The van der Waals surface area contributed by atoms with Crippen LogP contribution in [0.5, 0.6) is 11.5 Å². The van der Waals surface area contributed by atoms with Crippen molar-refractivity contribution in [3.05, 3.63) is 72.8 Å². The second kappa shape index (κ2) is 8.76. The van der Waals surface area contributed by atoms with Crippen LogP contribution in [0, 0.1) is 0 Å². The molecule has 0 unspecified atom stereocenters. The lowest BCUT2D eigenvalue weighted by molar-refractivity contribution is -0.114. The Hall–Kier alpha value is -3.47. The van der Waals surface area contributed by atoms with Crippen LogP contribution in [0.3, 0.4) is 0 Å². The third kappa shape index (κ3) is 4.58. The number of benzene rings is 3. The van der Waals surface area contributed by atoms with Crippen LogP contribution in [0.2, 0.25) is 0 Å². The van der Waals surface area contributed by atoms with E-state index in [4.69, 9.17) is 9.47 Å². The van der Waals surface area contributed by atoms with Crippen molar-refractivity contribution >= 4 is 17.3 Å². The minimum absolute atomic E-state index is 0.104. The smallest absolute Gasteiger partial charge is 0.243 e. The highest BCUT2D eigenvalue weighted by Crippen LogP contribution is 2.29. The normalized spacial score (nSPS) is 10.1. The first kappa shape index (κ1) is 18.3. The van der Waals surface area contributed by atoms with Crippen LogP contribution < -0.4 is 20.1 Å². The molecule has 2 N–H and O–H groups in total. The van der Waals surface area contributed by atoms with Crippen LogP contribution in [0.25, 0.3) is 11.1 Å². The summed E-state index contributed by atoms with van der Waals surface area (Å²) in [4.78, 5) is 12.5. The van der Waals surface area contributed by atoms with Gasteiger partial charge in [0.25, 0.3) is 0 Å². The molecule has 138 valence electrons. The number of carbonyl (C=O) groups is 1. The highest BCUT2D eigenvalue weighted by atomic mass is 16.5. The lowest BCUT2D eigenvalue weighted by Gasteiger charge is -2.14. The fraction of sp³-hybridized carbons (Fsp3) is 0.136. The van der Waals surface area contributed by atoms with E-state index in [0.717, 1.165) is 16.8 Å². The van der Waals surface area contributed by atoms with Crippen molar-refractivity contribution in [3.63, 3.8) is 0 Å². The summed E-state index contributed by atoms with van der Waals surface area (Å²) in [7, 11) is 3.18. The molecule has 0 saturated heterocycles. The predicted molar refractivity (Wildman–Crippen MR) is 109 cm³/mol. The number of para-hydroxylation sites is 1. The SMILES string of the molecule is COc1ccc(OC)c(NCC(=O)Nc2ccccc2-c2ccccc2)c1. The summed E-state index contributed by atoms with van der Waals surface area (Å²) >= 11 is 0. The van der Waals surface area contributed by atoms with Crippen LogP contribution in [0.1, 0.15) is 0 Å². The van der Waals surface area contributed by atoms with Gasteiger partial charge in [0.15, 0.2) is 0 Å². The zero-order valence-corrected chi connectivity index (χ0v) is 15.4. The van der Waals surface area contributed by atoms with Gasteiger partial charge in [-0.1, -0.05) is 48.5 Å². The molecule has 0 aliphatic carbocycles. The van der Waals surface area contributed by atoms with Gasteiger partial charge in [-0.3, -0.25) is 4.79 Å². The van der Waals surface area contributed by atoms with Crippen LogP contribution in [0.4, 0.5) is 11.4 Å². The summed E-state index contributed by atoms with van der Waals surface area (Å²) in [5.74, 6) is 1.18. The molecular formula is C22H22N2O3. The van der Waals surface area contributed by atoms with Gasteiger partial charge in [-0.15, -0.1) is 0 Å². The second-order valence-electron chi connectivity index (χ2n) is 5.88. The molecule has 3 aromatic rings. The number of ether oxygens (including phenoxy) is 2. The molecular weight excluding hydrogens is 340 g/mol. The molecule has 27 heavy (non-hydrogen) atoms. The van der Waals surface area contributed by atoms with Gasteiger partial charge in [0.2, 0.25) is 5.91 Å². The zero-order chi connectivity index (χ0) is 19.1. The van der Waals surface area contributed by atoms with E-state index in [-0.39, 0.29) is 12.5 Å². The van der Waals surface area contributed by atoms with Crippen molar-refractivity contribution in [1.29, 1.82) is 0 Å². The van der Waals surface area contributed by atoms with Gasteiger partial charge in [0.1, 0.15) is 11.5 Å². The molecule has 5 heteroatoms. The molecule has 0 radical (unpaired) electrons. The Balaban J connectivity index is 1.71. The van der Waals surface area contributed by atoms with Gasteiger partial charge in [-0.2, -0.15) is 0 Å². The van der Waals surface area contributed by atoms with Crippen molar-refractivity contribution in [3.8, 4) is 22.6 Å². The quantitative estimate of drug-likeness (QED) is 0.653. The number of amides is 1. The summed E-state index contributed by atoms with van der Waals surface area (Å²) < 4.78 is 10.5. The first-order valence-electron chi connectivity index (χ1n) is 8.61. The Kier molecular flexibility index (Phi) is 5.94. The second-order valence-corrected chi connectivity index (χ2v) is 5.88. The number of carbonyl (C=O) groups excluding carboxylic acids is 1. The van der Waals surface area contributed by atoms with Crippen molar-refractivity contribution in [1.82, 2.24) is 0 Å². The zero-order valence-electron chi connectivity index (χ0n) is 15.4. The standard InChI is InChI=1S/C22H22N2O3/c1-26-17-12-13-21(27-2)20(14-17)23-15-22(25)24-19-11-7-6-10-18(19)16-8-4-3-5-9-16/h3-14,23H,15H2,1-2H3,(H,24,25). The van der Waals surface area contributed by atoms with Gasteiger partial charge in [-0.25, -0.2) is 0 Å². The third-order valence-corrected chi connectivity index (χ3v) is 4.13.